The molecule has 0 spiro atoms. The van der Waals surface area contributed by atoms with E-state index in [1.807, 2.05) is 6.07 Å². The monoisotopic (exact) mass is 409 g/mol. The van der Waals surface area contributed by atoms with Crippen LogP contribution < -0.4 is 4.57 Å². The van der Waals surface area contributed by atoms with Crippen LogP contribution in [0.4, 0.5) is 4.39 Å². The smallest absolute Gasteiger partial charge is 0.224 e. The molecule has 0 amide bonds. The second kappa shape index (κ2) is 6.16. The molecule has 0 atom stereocenters. The van der Waals surface area contributed by atoms with Crippen molar-refractivity contribution in [3.05, 3.63) is 71.2 Å². The van der Waals surface area contributed by atoms with E-state index in [4.69, 9.17) is 0 Å². The van der Waals surface area contributed by atoms with E-state index in [-0.39, 0.29) is 5.82 Å². The third-order valence-corrected chi connectivity index (χ3v) is 6.93. The molecule has 0 saturated carbocycles. The maximum absolute atomic E-state index is 14.4. The van der Waals surface area contributed by atoms with Crippen molar-refractivity contribution in [1.29, 1.82) is 0 Å². The van der Waals surface area contributed by atoms with Crippen molar-refractivity contribution >= 4 is 49.0 Å². The van der Waals surface area contributed by atoms with E-state index in [1.54, 1.807) is 12.1 Å². The fourth-order valence-corrected chi connectivity index (χ4v) is 5.53. The highest BCUT2D eigenvalue weighted by Gasteiger charge is 2.25. The lowest BCUT2D eigenvalue weighted by atomic mass is 9.94. The largest absolute Gasteiger partial charge is 0.307 e. The minimum atomic E-state index is -0.194. The van der Waals surface area contributed by atoms with E-state index in [0.29, 0.717) is 5.92 Å². The Bertz CT molecular complexity index is 1670. The molecule has 0 N–H and O–H groups in total. The number of pyridine rings is 2. The first-order chi connectivity index (χ1) is 14.8. The van der Waals surface area contributed by atoms with E-state index in [0.717, 1.165) is 17.3 Å². The number of halogens is 1. The van der Waals surface area contributed by atoms with Crippen molar-refractivity contribution < 1.29 is 8.96 Å². The van der Waals surface area contributed by atoms with Crippen LogP contribution in [0, 0.1) is 25.6 Å². The highest BCUT2D eigenvalue weighted by Crippen LogP contribution is 2.42. The summed E-state index contributed by atoms with van der Waals surface area (Å²) in [4.78, 5) is 0. The molecule has 0 saturated heterocycles. The van der Waals surface area contributed by atoms with Crippen LogP contribution in [0.1, 0.15) is 30.5 Å². The maximum Gasteiger partial charge on any atom is 0.224 e. The summed E-state index contributed by atoms with van der Waals surface area (Å²) in [7, 11) is 2.13. The fourth-order valence-electron chi connectivity index (χ4n) is 5.53. The van der Waals surface area contributed by atoms with Crippen molar-refractivity contribution in [3.63, 3.8) is 0 Å². The summed E-state index contributed by atoms with van der Waals surface area (Å²) in [6.07, 6.45) is 3.20. The van der Waals surface area contributed by atoms with Crippen LogP contribution in [0.25, 0.3) is 49.0 Å². The van der Waals surface area contributed by atoms with Crippen molar-refractivity contribution in [2.75, 3.05) is 0 Å². The summed E-state index contributed by atoms with van der Waals surface area (Å²) in [5.74, 6) is 0.379. The van der Waals surface area contributed by atoms with Crippen LogP contribution in [0.2, 0.25) is 0 Å². The van der Waals surface area contributed by atoms with E-state index in [9.17, 15) is 4.39 Å². The van der Waals surface area contributed by atoms with Gasteiger partial charge < -0.3 is 4.40 Å². The Morgan fingerprint density at radius 3 is 2.52 bits per heavy atom. The number of aromatic nitrogens is 2. The molecule has 0 radical (unpaired) electrons. The van der Waals surface area contributed by atoms with Gasteiger partial charge in [-0.05, 0) is 78.6 Å². The zero-order chi connectivity index (χ0) is 21.6. The van der Waals surface area contributed by atoms with Gasteiger partial charge in [-0.2, -0.15) is 0 Å². The number of aryl methyl sites for hydroxylation is 3. The van der Waals surface area contributed by atoms with Gasteiger partial charge in [-0.15, -0.1) is 0 Å². The first-order valence-corrected chi connectivity index (χ1v) is 11.0. The minimum absolute atomic E-state index is 0.194. The van der Waals surface area contributed by atoms with Gasteiger partial charge in [-0.3, -0.25) is 0 Å². The minimum Gasteiger partial charge on any atom is -0.307 e. The number of benzene rings is 3. The molecule has 0 bridgehead atoms. The summed E-state index contributed by atoms with van der Waals surface area (Å²) in [5, 5.41) is 6.08. The van der Waals surface area contributed by atoms with E-state index < -0.39 is 0 Å². The highest BCUT2D eigenvalue weighted by molar-refractivity contribution is 6.26. The lowest BCUT2D eigenvalue weighted by Gasteiger charge is -2.16. The van der Waals surface area contributed by atoms with Crippen LogP contribution in [-0.4, -0.2) is 4.40 Å². The van der Waals surface area contributed by atoms with Gasteiger partial charge in [0.1, 0.15) is 12.9 Å². The Morgan fingerprint density at radius 1 is 0.935 bits per heavy atom. The Labute approximate surface area is 180 Å². The Hall–Kier alpha value is -3.20. The molecule has 3 heterocycles. The van der Waals surface area contributed by atoms with Crippen molar-refractivity contribution in [2.24, 2.45) is 13.0 Å². The standard InChI is InChI=1S/C28H26FN2/c1-15(2)10-18-12-19-8-9-30(5)28-25-17(4)16(3)11-22-21-7-6-20(29)14-23(21)31(27(22)25)24(13-18)26(19)28/h6-9,11-15H,10H2,1-5H3/q+1. The molecule has 0 aliphatic heterocycles. The molecule has 3 aromatic carbocycles. The fraction of sp³-hybridized carbons (Fsp3) is 0.250. The number of fused-ring (bicyclic) bond motifs is 5. The van der Waals surface area contributed by atoms with E-state index in [1.165, 1.54) is 54.8 Å². The lowest BCUT2D eigenvalue weighted by Crippen LogP contribution is -2.29. The Kier molecular flexibility index (Phi) is 3.69. The van der Waals surface area contributed by atoms with Gasteiger partial charge in [0.25, 0.3) is 0 Å². The summed E-state index contributed by atoms with van der Waals surface area (Å²) < 4.78 is 19.0. The second-order valence-corrected chi connectivity index (χ2v) is 9.54. The number of nitrogens with zero attached hydrogens (tertiary/aromatic N) is 2. The van der Waals surface area contributed by atoms with Crippen LogP contribution >= 0.6 is 0 Å². The first-order valence-electron chi connectivity index (χ1n) is 11.0. The third kappa shape index (κ3) is 2.40. The zero-order valence-electron chi connectivity index (χ0n) is 18.7. The number of hydrogen-bond donors (Lipinski definition) is 0. The SMILES string of the molecule is Cc1cc2c3ccc(F)cc3n3c4cc(CC(C)C)cc5cc[n+](C)c(c(c1C)c23)c54. The Morgan fingerprint density at radius 2 is 1.74 bits per heavy atom. The summed E-state index contributed by atoms with van der Waals surface area (Å²) in [6, 6.07) is 14.4. The summed E-state index contributed by atoms with van der Waals surface area (Å²) in [5.41, 5.74) is 8.45. The molecule has 154 valence electrons. The molecule has 0 unspecified atom stereocenters. The topological polar surface area (TPSA) is 8.29 Å². The second-order valence-electron chi connectivity index (χ2n) is 9.54. The van der Waals surface area contributed by atoms with Crippen LogP contribution in [0.3, 0.4) is 0 Å². The average Bonchev–Trinajstić information content (AvgIpc) is 3.02. The van der Waals surface area contributed by atoms with Crippen molar-refractivity contribution in [3.8, 4) is 0 Å². The molecular weight excluding hydrogens is 383 g/mol. The van der Waals surface area contributed by atoms with Crippen LogP contribution in [0.15, 0.2) is 48.7 Å². The molecule has 3 aromatic heterocycles. The molecular formula is C28H26FN2+. The van der Waals surface area contributed by atoms with Gasteiger partial charge in [0.2, 0.25) is 5.52 Å². The normalized spacial score (nSPS) is 12.6. The summed E-state index contributed by atoms with van der Waals surface area (Å²) >= 11 is 0. The van der Waals surface area contributed by atoms with Gasteiger partial charge in [-0.1, -0.05) is 19.9 Å². The van der Waals surface area contributed by atoms with Crippen LogP contribution in [0.5, 0.6) is 0 Å². The van der Waals surface area contributed by atoms with Crippen molar-refractivity contribution in [1.82, 2.24) is 4.40 Å². The summed E-state index contributed by atoms with van der Waals surface area (Å²) in [6.45, 7) is 8.90. The van der Waals surface area contributed by atoms with Gasteiger partial charge in [0.05, 0.1) is 27.3 Å². The average molecular weight is 410 g/mol. The molecule has 2 nitrogen and oxygen atoms in total. The predicted octanol–water partition coefficient (Wildman–Crippen LogP) is 6.77. The Balaban J connectivity index is 2.02. The molecule has 3 heteroatoms. The first kappa shape index (κ1) is 18.6. The van der Waals surface area contributed by atoms with E-state index in [2.05, 4.69) is 74.2 Å². The van der Waals surface area contributed by atoms with Crippen LogP contribution in [-0.2, 0) is 13.5 Å². The molecule has 6 rings (SSSR count). The van der Waals surface area contributed by atoms with Gasteiger partial charge in [-0.25, -0.2) is 8.96 Å². The van der Waals surface area contributed by atoms with Gasteiger partial charge >= 0.3 is 0 Å². The number of hydrogen-bond acceptors (Lipinski definition) is 0. The van der Waals surface area contributed by atoms with Gasteiger partial charge in [0, 0.05) is 16.8 Å². The van der Waals surface area contributed by atoms with Crippen molar-refractivity contribution in [2.45, 2.75) is 34.1 Å². The molecule has 6 aromatic rings. The van der Waals surface area contributed by atoms with E-state index >= 15 is 0 Å². The predicted molar refractivity (Wildman–Crippen MR) is 128 cm³/mol. The quantitative estimate of drug-likeness (QED) is 0.169. The third-order valence-electron chi connectivity index (χ3n) is 6.93. The maximum atomic E-state index is 14.4. The van der Waals surface area contributed by atoms with Gasteiger partial charge in [0.15, 0.2) is 6.20 Å². The molecule has 0 aliphatic carbocycles. The lowest BCUT2D eigenvalue weighted by molar-refractivity contribution is -0.643. The number of rotatable bonds is 2. The highest BCUT2D eigenvalue weighted by atomic mass is 19.1. The molecule has 0 aliphatic rings. The zero-order valence-corrected chi connectivity index (χ0v) is 18.7. The molecule has 31 heavy (non-hydrogen) atoms. The molecule has 0 fully saturated rings.